The highest BCUT2D eigenvalue weighted by Crippen LogP contribution is 2.19. The Morgan fingerprint density at radius 1 is 0.807 bits per heavy atom. The quantitative estimate of drug-likeness (QED) is 0.0618. The number of carbonyl (C=O) groups is 8. The van der Waals surface area contributed by atoms with Crippen LogP contribution in [0.5, 0.6) is 0 Å². The Labute approximate surface area is 325 Å². The van der Waals surface area contributed by atoms with E-state index in [0.717, 1.165) is 12.2 Å². The molecule has 310 valence electrons. The third kappa shape index (κ3) is 14.6. The molecule has 0 bridgehead atoms. The van der Waals surface area contributed by atoms with E-state index in [4.69, 9.17) is 17.2 Å². The Bertz CT molecular complexity index is 1840. The summed E-state index contributed by atoms with van der Waals surface area (Å²) in [6.45, 7) is -0.770. The smallest absolute Gasteiger partial charge is 0.330 e. The summed E-state index contributed by atoms with van der Waals surface area (Å²) in [6, 6.07) is -2.36. The molecule has 0 unspecified atom stereocenters. The number of aliphatic carboxylic acids is 2. The lowest BCUT2D eigenvalue weighted by Gasteiger charge is -2.26. The number of aromatic nitrogens is 1. The molecule has 0 saturated carbocycles. The zero-order chi connectivity index (χ0) is 42.1. The SMILES string of the molecule is NC(N)=NCCC[C@@H]1NC(=O)[C@H](CO)NC(=O)[C@@H](N)CCCCNC(=O)/C=C/[C@@H](C(=O)O)NC(=O)[C@H](CC(=O)O)NC(=O)[C@H](Cc2c[nH]c3ccccc23)NC1=O. The van der Waals surface area contributed by atoms with Crippen molar-refractivity contribution in [2.24, 2.45) is 22.2 Å². The predicted molar refractivity (Wildman–Crippen MR) is 203 cm³/mol. The molecule has 6 atom stereocenters. The van der Waals surface area contributed by atoms with Gasteiger partial charge in [0.1, 0.15) is 30.2 Å². The summed E-state index contributed by atoms with van der Waals surface area (Å²) in [5, 5.41) is 44.3. The summed E-state index contributed by atoms with van der Waals surface area (Å²) < 4.78 is 0. The van der Waals surface area contributed by atoms with Gasteiger partial charge in [0.2, 0.25) is 35.4 Å². The van der Waals surface area contributed by atoms with Gasteiger partial charge in [-0.2, -0.15) is 0 Å². The number of aliphatic hydroxyl groups is 1. The van der Waals surface area contributed by atoms with Crippen LogP contribution >= 0.6 is 0 Å². The maximum atomic E-state index is 14.0. The first-order valence-corrected chi connectivity index (χ1v) is 18.0. The van der Waals surface area contributed by atoms with E-state index in [1.807, 2.05) is 0 Å². The Balaban J connectivity index is 2.05. The first kappa shape index (κ1) is 44.8. The van der Waals surface area contributed by atoms with Crippen LogP contribution in [-0.2, 0) is 44.8 Å². The van der Waals surface area contributed by atoms with Gasteiger partial charge in [-0.1, -0.05) is 18.2 Å². The lowest BCUT2D eigenvalue weighted by molar-refractivity contribution is -0.142. The Hall–Kier alpha value is -6.55. The molecule has 22 nitrogen and oxygen atoms in total. The number of nitrogens with one attached hydrogen (secondary N) is 7. The second-order valence-corrected chi connectivity index (χ2v) is 13.1. The second-order valence-electron chi connectivity index (χ2n) is 13.1. The second kappa shape index (κ2) is 22.1. The summed E-state index contributed by atoms with van der Waals surface area (Å²) in [5.74, 6) is -9.11. The molecule has 22 heteroatoms. The predicted octanol–water partition coefficient (Wildman–Crippen LogP) is -4.08. The molecule has 2 heterocycles. The number of carboxylic acid groups (broad SMARTS) is 2. The van der Waals surface area contributed by atoms with Crippen molar-refractivity contribution in [1.82, 2.24) is 36.9 Å². The number of carbonyl (C=O) groups excluding carboxylic acids is 6. The minimum atomic E-state index is -1.87. The molecule has 1 aromatic carbocycles. The number of carboxylic acids is 2. The van der Waals surface area contributed by atoms with E-state index in [1.54, 1.807) is 30.5 Å². The maximum Gasteiger partial charge on any atom is 0.330 e. The average Bonchev–Trinajstić information content (AvgIpc) is 3.57. The fraction of sp³-hybridized carbons (Fsp3) is 0.457. The molecular weight excluding hydrogens is 750 g/mol. The van der Waals surface area contributed by atoms with Gasteiger partial charge in [0.15, 0.2) is 5.96 Å². The topological polar surface area (TPSA) is 376 Å². The molecule has 57 heavy (non-hydrogen) atoms. The summed E-state index contributed by atoms with van der Waals surface area (Å²) in [4.78, 5) is 111. The normalized spacial score (nSPS) is 24.3. The van der Waals surface area contributed by atoms with E-state index in [-0.39, 0.29) is 44.7 Å². The van der Waals surface area contributed by atoms with Crippen molar-refractivity contribution in [2.45, 2.75) is 81.2 Å². The van der Waals surface area contributed by atoms with Crippen LogP contribution in [0.2, 0.25) is 0 Å². The lowest BCUT2D eigenvalue weighted by Crippen LogP contribution is -2.60. The van der Waals surface area contributed by atoms with Gasteiger partial charge in [-0.05, 0) is 49.8 Å². The van der Waals surface area contributed by atoms with E-state index in [0.29, 0.717) is 29.3 Å². The number of aromatic amines is 1. The molecular formula is C35H49N11O11. The van der Waals surface area contributed by atoms with E-state index >= 15 is 0 Å². The van der Waals surface area contributed by atoms with E-state index in [2.05, 4.69) is 41.9 Å². The van der Waals surface area contributed by atoms with Gasteiger partial charge in [0.25, 0.3) is 0 Å². The average molecular weight is 800 g/mol. The van der Waals surface area contributed by atoms with Gasteiger partial charge in [-0.25, -0.2) is 4.79 Å². The number of amides is 6. The number of para-hydroxylation sites is 1. The summed E-state index contributed by atoms with van der Waals surface area (Å²) in [6.07, 6.45) is 2.81. The first-order valence-electron chi connectivity index (χ1n) is 18.0. The molecule has 2 aromatic rings. The number of guanidine groups is 1. The fourth-order valence-electron chi connectivity index (χ4n) is 5.70. The molecule has 0 fully saturated rings. The minimum absolute atomic E-state index is 0.0262. The number of H-pyrrole nitrogens is 1. The Morgan fingerprint density at radius 2 is 1.44 bits per heavy atom. The monoisotopic (exact) mass is 799 g/mol. The van der Waals surface area contributed by atoms with Crippen LogP contribution in [0, 0.1) is 0 Å². The van der Waals surface area contributed by atoms with Crippen LogP contribution < -0.4 is 49.1 Å². The summed E-state index contributed by atoms with van der Waals surface area (Å²) in [7, 11) is 0. The van der Waals surface area contributed by atoms with Crippen LogP contribution in [0.4, 0.5) is 0 Å². The largest absolute Gasteiger partial charge is 0.481 e. The van der Waals surface area contributed by atoms with Crippen molar-refractivity contribution in [3.05, 3.63) is 48.2 Å². The molecule has 0 spiro atoms. The number of nitrogens with two attached hydrogens (primary N) is 3. The molecule has 1 aromatic heterocycles. The van der Waals surface area contributed by atoms with Crippen molar-refractivity contribution < 1.29 is 53.7 Å². The first-order chi connectivity index (χ1) is 27.1. The van der Waals surface area contributed by atoms with Gasteiger partial charge in [-0.15, -0.1) is 0 Å². The third-order valence-corrected chi connectivity index (χ3v) is 8.72. The van der Waals surface area contributed by atoms with E-state index < -0.39 is 96.7 Å². The van der Waals surface area contributed by atoms with E-state index in [1.165, 1.54) is 0 Å². The van der Waals surface area contributed by atoms with Crippen molar-refractivity contribution in [2.75, 3.05) is 19.7 Å². The highest BCUT2D eigenvalue weighted by Gasteiger charge is 2.34. The lowest BCUT2D eigenvalue weighted by atomic mass is 10.0. The highest BCUT2D eigenvalue weighted by atomic mass is 16.4. The summed E-state index contributed by atoms with van der Waals surface area (Å²) >= 11 is 0. The minimum Gasteiger partial charge on any atom is -0.481 e. The van der Waals surface area contributed by atoms with Crippen LogP contribution in [0.25, 0.3) is 10.9 Å². The van der Waals surface area contributed by atoms with Gasteiger partial charge < -0.3 is 69.4 Å². The van der Waals surface area contributed by atoms with E-state index in [9.17, 15) is 53.7 Å². The molecule has 1 aliphatic rings. The Kier molecular flexibility index (Phi) is 17.4. The molecule has 16 N–H and O–H groups in total. The number of aliphatic imine (C=N–C) groups is 1. The van der Waals surface area contributed by atoms with Crippen LogP contribution in [0.3, 0.4) is 0 Å². The van der Waals surface area contributed by atoms with Gasteiger partial charge in [0.05, 0.1) is 19.1 Å². The number of aliphatic hydroxyl groups excluding tert-OH is 1. The molecule has 1 aliphatic heterocycles. The van der Waals surface area contributed by atoms with Gasteiger partial charge in [0, 0.05) is 42.7 Å². The number of rotatable bonds is 10. The standard InChI is InChI=1S/C35H49N11O11/c36-20-7-3-4-12-39-27(48)11-10-23(34(56)57)43-32(54)25(15-28(49)50)45-31(53)24(14-18-16-41-21-8-2-1-6-19(18)21)44-30(52)22(9-5-13-40-35(37)38)42-33(55)26(17-47)46-29(20)51/h1-2,6,8,10-11,16,20,22-26,41,47H,3-5,7,9,12-15,17,36H2,(H,39,48)(H,42,55)(H,43,54)(H,44,52)(H,45,53)(H,46,51)(H,49,50)(H,56,57)(H4,37,38,40)/b11-10+/t20-,22-,23-,24-,25-,26-/m0/s1. The van der Waals surface area contributed by atoms with Crippen LogP contribution in [0.15, 0.2) is 47.6 Å². The third-order valence-electron chi connectivity index (χ3n) is 8.72. The van der Waals surface area contributed by atoms with Crippen molar-refractivity contribution in [1.29, 1.82) is 0 Å². The number of fused-ring (bicyclic) bond motifs is 1. The zero-order valence-electron chi connectivity index (χ0n) is 30.9. The Morgan fingerprint density at radius 3 is 2.12 bits per heavy atom. The molecule has 0 saturated heterocycles. The summed E-state index contributed by atoms with van der Waals surface area (Å²) in [5.41, 5.74) is 18.0. The van der Waals surface area contributed by atoms with Crippen LogP contribution in [-0.4, -0.2) is 130 Å². The molecule has 0 aliphatic carbocycles. The fourth-order valence-corrected chi connectivity index (χ4v) is 5.70. The van der Waals surface area contributed by atoms with Crippen molar-refractivity contribution in [3.63, 3.8) is 0 Å². The highest BCUT2D eigenvalue weighted by molar-refractivity contribution is 5.98. The van der Waals surface area contributed by atoms with Crippen LogP contribution in [0.1, 0.15) is 44.1 Å². The van der Waals surface area contributed by atoms with Gasteiger partial charge >= 0.3 is 11.9 Å². The molecule has 3 rings (SSSR count). The molecule has 6 amide bonds. The van der Waals surface area contributed by atoms with Crippen molar-refractivity contribution >= 4 is 64.2 Å². The van der Waals surface area contributed by atoms with Crippen molar-refractivity contribution in [3.8, 4) is 0 Å². The zero-order valence-corrected chi connectivity index (χ0v) is 30.9. The molecule has 0 radical (unpaired) electrons. The number of benzene rings is 1. The number of nitrogens with zero attached hydrogens (tertiary/aromatic N) is 1. The maximum absolute atomic E-state index is 14.0. The number of hydrogen-bond donors (Lipinski definition) is 13. The van der Waals surface area contributed by atoms with Gasteiger partial charge in [-0.3, -0.25) is 38.6 Å². The number of hydrogen-bond acceptors (Lipinski definition) is 11.